The van der Waals surface area contributed by atoms with Crippen LogP contribution in [0.2, 0.25) is 0 Å². The van der Waals surface area contributed by atoms with E-state index in [9.17, 15) is 9.59 Å². The number of aromatic amines is 1. The Labute approximate surface area is 121 Å². The molecule has 0 bridgehead atoms. The van der Waals surface area contributed by atoms with E-state index in [2.05, 4.69) is 22.1 Å². The number of hydrogen-bond donors (Lipinski definition) is 3. The van der Waals surface area contributed by atoms with Crippen LogP contribution >= 0.6 is 0 Å². The van der Waals surface area contributed by atoms with Gasteiger partial charge in [0.25, 0.3) is 5.91 Å². The lowest BCUT2D eigenvalue weighted by Gasteiger charge is -2.07. The number of aliphatic hydroxyl groups is 1. The van der Waals surface area contributed by atoms with Gasteiger partial charge in [-0.1, -0.05) is 30.0 Å². The summed E-state index contributed by atoms with van der Waals surface area (Å²) in [6.45, 7) is -0.00716. The Morgan fingerprint density at radius 3 is 2.76 bits per heavy atom. The Hall–Kier alpha value is -2.84. The van der Waals surface area contributed by atoms with Crippen LogP contribution < -0.4 is 10.9 Å². The van der Waals surface area contributed by atoms with Crippen LogP contribution in [0.5, 0.6) is 0 Å². The summed E-state index contributed by atoms with van der Waals surface area (Å²) in [6, 6.07) is 11.5. The zero-order chi connectivity index (χ0) is 15.1. The number of benzene rings is 1. The maximum atomic E-state index is 12.1. The second kappa shape index (κ2) is 7.08. The van der Waals surface area contributed by atoms with E-state index in [0.717, 1.165) is 0 Å². The highest BCUT2D eigenvalue weighted by molar-refractivity contribution is 6.03. The van der Waals surface area contributed by atoms with Crippen molar-refractivity contribution < 1.29 is 9.90 Å². The van der Waals surface area contributed by atoms with E-state index in [1.165, 1.54) is 18.2 Å². The second-order valence-corrected chi connectivity index (χ2v) is 4.20. The van der Waals surface area contributed by atoms with Gasteiger partial charge in [0.2, 0.25) is 5.56 Å². The minimum absolute atomic E-state index is 0.00716. The number of carbonyl (C=O) groups is 1. The van der Waals surface area contributed by atoms with E-state index < -0.39 is 5.91 Å². The molecule has 0 aliphatic heterocycles. The van der Waals surface area contributed by atoms with E-state index in [4.69, 9.17) is 5.11 Å². The van der Waals surface area contributed by atoms with Gasteiger partial charge < -0.3 is 15.4 Å². The zero-order valence-electron chi connectivity index (χ0n) is 11.2. The molecule has 1 aromatic heterocycles. The van der Waals surface area contributed by atoms with Crippen molar-refractivity contribution in [2.24, 2.45) is 0 Å². The first-order valence-electron chi connectivity index (χ1n) is 6.40. The molecule has 5 nitrogen and oxygen atoms in total. The highest BCUT2D eigenvalue weighted by atomic mass is 16.2. The lowest BCUT2D eigenvalue weighted by atomic mass is 10.1. The molecule has 0 atom stereocenters. The topological polar surface area (TPSA) is 82.2 Å². The summed E-state index contributed by atoms with van der Waals surface area (Å²) in [7, 11) is 0. The maximum absolute atomic E-state index is 12.1. The molecule has 5 heteroatoms. The number of H-pyrrole nitrogens is 1. The number of amides is 1. The molecule has 1 aromatic carbocycles. The predicted octanol–water partition coefficient (Wildman–Crippen LogP) is 1.36. The minimum Gasteiger partial charge on any atom is -0.395 e. The lowest BCUT2D eigenvalue weighted by molar-refractivity contribution is 0.102. The maximum Gasteiger partial charge on any atom is 0.272 e. The number of hydrogen-bond acceptors (Lipinski definition) is 3. The van der Waals surface area contributed by atoms with Crippen molar-refractivity contribution in [2.45, 2.75) is 6.42 Å². The number of aromatic nitrogens is 1. The van der Waals surface area contributed by atoms with Crippen LogP contribution in [-0.2, 0) is 0 Å². The highest BCUT2D eigenvalue weighted by Gasteiger charge is 2.08. The number of anilines is 1. The fourth-order valence-electron chi connectivity index (χ4n) is 1.68. The SMILES string of the molecule is O=C(Nc1ccccc1C#CCCO)c1cccc(=O)[nH]1. The number of rotatable bonds is 3. The van der Waals surface area contributed by atoms with Crippen LogP contribution in [0.15, 0.2) is 47.3 Å². The van der Waals surface area contributed by atoms with Gasteiger partial charge in [-0.15, -0.1) is 0 Å². The number of aliphatic hydroxyl groups excluding tert-OH is 1. The fourth-order valence-corrected chi connectivity index (χ4v) is 1.68. The van der Waals surface area contributed by atoms with E-state index >= 15 is 0 Å². The summed E-state index contributed by atoms with van der Waals surface area (Å²) in [5.74, 6) is 5.28. The molecule has 2 rings (SSSR count). The third-order valence-corrected chi connectivity index (χ3v) is 2.65. The Kier molecular flexibility index (Phi) is 4.91. The Balaban J connectivity index is 2.22. The minimum atomic E-state index is -0.413. The first-order valence-corrected chi connectivity index (χ1v) is 6.40. The molecule has 0 aliphatic rings. The highest BCUT2D eigenvalue weighted by Crippen LogP contribution is 2.14. The molecule has 1 amide bonds. The number of carbonyl (C=O) groups excluding carboxylic acids is 1. The summed E-state index contributed by atoms with van der Waals surface area (Å²) >= 11 is 0. The summed E-state index contributed by atoms with van der Waals surface area (Å²) in [6.07, 6.45) is 0.369. The molecule has 1 heterocycles. The lowest BCUT2D eigenvalue weighted by Crippen LogP contribution is -2.18. The summed E-state index contributed by atoms with van der Waals surface area (Å²) in [4.78, 5) is 25.7. The van der Waals surface area contributed by atoms with Crippen molar-refractivity contribution in [2.75, 3.05) is 11.9 Å². The van der Waals surface area contributed by atoms with Crippen LogP contribution in [0.4, 0.5) is 5.69 Å². The smallest absolute Gasteiger partial charge is 0.272 e. The third kappa shape index (κ3) is 4.06. The number of pyridine rings is 1. The van der Waals surface area contributed by atoms with Gasteiger partial charge in [-0.05, 0) is 18.2 Å². The van der Waals surface area contributed by atoms with E-state index in [-0.39, 0.29) is 17.9 Å². The van der Waals surface area contributed by atoms with Crippen LogP contribution in [0.25, 0.3) is 0 Å². The van der Waals surface area contributed by atoms with Gasteiger partial charge in [0.05, 0.1) is 12.3 Å². The molecule has 0 radical (unpaired) electrons. The molecular weight excluding hydrogens is 268 g/mol. The van der Waals surface area contributed by atoms with Crippen molar-refractivity contribution in [3.63, 3.8) is 0 Å². The number of nitrogens with one attached hydrogen (secondary N) is 2. The van der Waals surface area contributed by atoms with Gasteiger partial charge in [0.1, 0.15) is 5.69 Å². The zero-order valence-corrected chi connectivity index (χ0v) is 11.2. The van der Waals surface area contributed by atoms with Gasteiger partial charge in [-0.2, -0.15) is 0 Å². The molecule has 3 N–H and O–H groups in total. The molecule has 0 saturated heterocycles. The van der Waals surface area contributed by atoms with Gasteiger partial charge in [-0.25, -0.2) is 0 Å². The van der Waals surface area contributed by atoms with Crippen LogP contribution in [0.3, 0.4) is 0 Å². The number of para-hydroxylation sites is 1. The summed E-state index contributed by atoms with van der Waals surface area (Å²) in [5, 5.41) is 11.4. The van der Waals surface area contributed by atoms with Crippen LogP contribution in [0, 0.1) is 11.8 Å². The molecule has 0 unspecified atom stereocenters. The molecule has 0 spiro atoms. The molecule has 0 aliphatic carbocycles. The molecule has 0 saturated carbocycles. The first kappa shape index (κ1) is 14.6. The molecular formula is C16H14N2O3. The largest absolute Gasteiger partial charge is 0.395 e. The second-order valence-electron chi connectivity index (χ2n) is 4.20. The summed E-state index contributed by atoms with van der Waals surface area (Å²) < 4.78 is 0. The third-order valence-electron chi connectivity index (χ3n) is 2.65. The molecule has 0 fully saturated rings. The standard InChI is InChI=1S/C16H14N2O3/c19-11-4-3-7-12-6-1-2-8-13(12)18-16(21)14-9-5-10-15(20)17-14/h1-2,5-6,8-10,19H,4,11H2,(H,17,20)(H,18,21). The first-order chi connectivity index (χ1) is 10.2. The van der Waals surface area contributed by atoms with Gasteiger partial charge in [0, 0.05) is 18.1 Å². The average molecular weight is 282 g/mol. The molecule has 106 valence electrons. The molecule has 2 aromatic rings. The fraction of sp³-hybridized carbons (Fsp3) is 0.125. The van der Waals surface area contributed by atoms with Crippen molar-refractivity contribution in [1.29, 1.82) is 0 Å². The predicted molar refractivity (Wildman–Crippen MR) is 80.0 cm³/mol. The van der Waals surface area contributed by atoms with Gasteiger partial charge >= 0.3 is 0 Å². The van der Waals surface area contributed by atoms with Crippen molar-refractivity contribution in [1.82, 2.24) is 4.98 Å². The average Bonchev–Trinajstić information content (AvgIpc) is 2.49. The van der Waals surface area contributed by atoms with Gasteiger partial charge in [-0.3, -0.25) is 9.59 Å². The van der Waals surface area contributed by atoms with Crippen molar-refractivity contribution in [3.05, 3.63) is 64.1 Å². The Morgan fingerprint density at radius 2 is 2.00 bits per heavy atom. The molecule has 21 heavy (non-hydrogen) atoms. The van der Waals surface area contributed by atoms with Crippen LogP contribution in [0.1, 0.15) is 22.5 Å². The van der Waals surface area contributed by atoms with E-state index in [1.54, 1.807) is 18.2 Å². The van der Waals surface area contributed by atoms with E-state index in [0.29, 0.717) is 17.7 Å². The Morgan fingerprint density at radius 1 is 1.19 bits per heavy atom. The van der Waals surface area contributed by atoms with Crippen molar-refractivity contribution >= 4 is 11.6 Å². The monoisotopic (exact) mass is 282 g/mol. The van der Waals surface area contributed by atoms with Crippen LogP contribution in [-0.4, -0.2) is 22.6 Å². The van der Waals surface area contributed by atoms with Gasteiger partial charge in [0.15, 0.2) is 0 Å². The summed E-state index contributed by atoms with van der Waals surface area (Å²) in [5.41, 5.74) is 1.05. The van der Waals surface area contributed by atoms with E-state index in [1.807, 2.05) is 6.07 Å². The van der Waals surface area contributed by atoms with Crippen molar-refractivity contribution in [3.8, 4) is 11.8 Å². The normalized spacial score (nSPS) is 9.57. The Bertz CT molecular complexity index is 754. The quantitative estimate of drug-likeness (QED) is 0.743.